The van der Waals surface area contributed by atoms with Crippen LogP contribution in [0.3, 0.4) is 0 Å². The Hall–Kier alpha value is -2.16. The topological polar surface area (TPSA) is 29.1 Å². The fourth-order valence-electron chi connectivity index (χ4n) is 2.71. The van der Waals surface area contributed by atoms with E-state index in [0.717, 1.165) is 24.0 Å². The minimum Gasteiger partial charge on any atom is -0.355 e. The van der Waals surface area contributed by atoms with E-state index < -0.39 is 0 Å². The van der Waals surface area contributed by atoms with Gasteiger partial charge in [-0.3, -0.25) is 4.79 Å². The lowest BCUT2D eigenvalue weighted by atomic mass is 9.95. The summed E-state index contributed by atoms with van der Waals surface area (Å²) in [5, 5.41) is 2.99. The zero-order valence-electron chi connectivity index (χ0n) is 11.8. The highest BCUT2D eigenvalue weighted by atomic mass is 19.1. The second kappa shape index (κ2) is 5.68. The van der Waals surface area contributed by atoms with Crippen LogP contribution in [0, 0.1) is 5.82 Å². The Morgan fingerprint density at radius 1 is 1.10 bits per heavy atom. The smallest absolute Gasteiger partial charge is 0.230 e. The molecular formula is C18H18FNO. The maximum Gasteiger partial charge on any atom is 0.230 e. The zero-order valence-corrected chi connectivity index (χ0v) is 11.8. The summed E-state index contributed by atoms with van der Waals surface area (Å²) >= 11 is 0. The van der Waals surface area contributed by atoms with Crippen LogP contribution >= 0.6 is 0 Å². The predicted octanol–water partition coefficient (Wildman–Crippen LogP) is 3.22. The van der Waals surface area contributed by atoms with Crippen molar-refractivity contribution in [2.75, 3.05) is 6.54 Å². The number of hydrogen-bond acceptors (Lipinski definition) is 1. The molecule has 0 aromatic heterocycles. The number of carbonyl (C=O) groups is 1. The minimum atomic E-state index is -0.330. The first-order valence-electron chi connectivity index (χ1n) is 7.29. The van der Waals surface area contributed by atoms with Crippen molar-refractivity contribution in [1.82, 2.24) is 5.32 Å². The molecule has 2 aromatic rings. The molecule has 0 saturated heterocycles. The summed E-state index contributed by atoms with van der Waals surface area (Å²) in [4.78, 5) is 12.4. The van der Waals surface area contributed by atoms with Crippen molar-refractivity contribution in [2.45, 2.75) is 24.7 Å². The molecule has 3 heteroatoms. The van der Waals surface area contributed by atoms with Crippen LogP contribution in [0.25, 0.3) is 0 Å². The monoisotopic (exact) mass is 283 g/mol. The second-order valence-electron chi connectivity index (χ2n) is 5.58. The molecule has 0 spiro atoms. The summed E-state index contributed by atoms with van der Waals surface area (Å²) in [6.07, 6.45) is 2.46. The molecular weight excluding hydrogens is 265 g/mol. The first kappa shape index (κ1) is 13.8. The molecule has 1 fully saturated rings. The second-order valence-corrected chi connectivity index (χ2v) is 5.58. The van der Waals surface area contributed by atoms with E-state index in [1.807, 2.05) is 36.4 Å². The molecule has 0 heterocycles. The zero-order chi connectivity index (χ0) is 14.7. The molecule has 1 aliphatic carbocycles. The third kappa shape index (κ3) is 2.97. The van der Waals surface area contributed by atoms with Crippen molar-refractivity contribution in [3.05, 3.63) is 71.5 Å². The van der Waals surface area contributed by atoms with Gasteiger partial charge in [0.1, 0.15) is 5.82 Å². The van der Waals surface area contributed by atoms with Gasteiger partial charge in [0.15, 0.2) is 0 Å². The van der Waals surface area contributed by atoms with Crippen molar-refractivity contribution < 1.29 is 9.18 Å². The van der Waals surface area contributed by atoms with Gasteiger partial charge in [0.05, 0.1) is 5.41 Å². The normalized spacial score (nSPS) is 15.5. The first-order valence-corrected chi connectivity index (χ1v) is 7.29. The molecule has 0 radical (unpaired) electrons. The molecule has 1 saturated carbocycles. The summed E-state index contributed by atoms with van der Waals surface area (Å²) in [5.74, 6) is -0.146. The van der Waals surface area contributed by atoms with Gasteiger partial charge in [-0.25, -0.2) is 4.39 Å². The summed E-state index contributed by atoms with van der Waals surface area (Å²) in [7, 11) is 0. The molecule has 0 atom stereocenters. The van der Waals surface area contributed by atoms with Gasteiger partial charge in [-0.1, -0.05) is 42.5 Å². The Bertz CT molecular complexity index is 635. The highest BCUT2D eigenvalue weighted by Gasteiger charge is 2.50. The van der Waals surface area contributed by atoms with Crippen LogP contribution in [0.15, 0.2) is 54.6 Å². The van der Waals surface area contributed by atoms with Crippen molar-refractivity contribution in [1.29, 1.82) is 0 Å². The summed E-state index contributed by atoms with van der Waals surface area (Å²) in [6.45, 7) is 0.539. The summed E-state index contributed by atoms with van der Waals surface area (Å²) in [5.41, 5.74) is 1.66. The number of benzene rings is 2. The van der Waals surface area contributed by atoms with Crippen molar-refractivity contribution in [2.24, 2.45) is 0 Å². The average molecular weight is 283 g/mol. The fraction of sp³-hybridized carbons (Fsp3) is 0.278. The summed E-state index contributed by atoms with van der Waals surface area (Å²) in [6, 6.07) is 16.4. The van der Waals surface area contributed by atoms with Gasteiger partial charge in [-0.15, -0.1) is 0 Å². The number of carbonyl (C=O) groups excluding carboxylic acids is 1. The Balaban J connectivity index is 1.58. The van der Waals surface area contributed by atoms with Crippen LogP contribution in [-0.2, 0) is 16.6 Å². The number of nitrogens with one attached hydrogen (secondary N) is 1. The quantitative estimate of drug-likeness (QED) is 0.897. The number of hydrogen-bond donors (Lipinski definition) is 1. The maximum absolute atomic E-state index is 13.1. The molecule has 1 N–H and O–H groups in total. The van der Waals surface area contributed by atoms with Gasteiger partial charge < -0.3 is 5.32 Å². The third-order valence-electron chi connectivity index (χ3n) is 4.10. The lowest BCUT2D eigenvalue weighted by Gasteiger charge is -2.15. The van der Waals surface area contributed by atoms with Gasteiger partial charge in [-0.2, -0.15) is 0 Å². The fourth-order valence-corrected chi connectivity index (χ4v) is 2.71. The van der Waals surface area contributed by atoms with E-state index in [4.69, 9.17) is 0 Å². The molecule has 3 rings (SSSR count). The van der Waals surface area contributed by atoms with Gasteiger partial charge in [0.25, 0.3) is 0 Å². The highest BCUT2D eigenvalue weighted by molar-refractivity contribution is 5.91. The van der Waals surface area contributed by atoms with E-state index in [1.54, 1.807) is 6.07 Å². The third-order valence-corrected chi connectivity index (χ3v) is 4.10. The number of rotatable bonds is 5. The largest absolute Gasteiger partial charge is 0.355 e. The molecule has 0 unspecified atom stereocenters. The van der Waals surface area contributed by atoms with Crippen LogP contribution in [0.5, 0.6) is 0 Å². The Morgan fingerprint density at radius 3 is 2.52 bits per heavy atom. The Kier molecular flexibility index (Phi) is 3.74. The standard InChI is InChI=1S/C18H18FNO/c19-16-8-4-5-14(13-16)9-12-20-17(21)18(10-11-18)15-6-2-1-3-7-15/h1-8,13H,9-12H2,(H,20,21). The summed E-state index contributed by atoms with van der Waals surface area (Å²) < 4.78 is 13.1. The molecule has 1 aliphatic rings. The molecule has 2 nitrogen and oxygen atoms in total. The van der Waals surface area contributed by atoms with Crippen molar-refractivity contribution >= 4 is 5.91 Å². The van der Waals surface area contributed by atoms with Gasteiger partial charge in [-0.05, 0) is 42.5 Å². The van der Waals surface area contributed by atoms with Crippen molar-refractivity contribution in [3.8, 4) is 0 Å². The van der Waals surface area contributed by atoms with Crippen LogP contribution in [-0.4, -0.2) is 12.5 Å². The van der Waals surface area contributed by atoms with Crippen LogP contribution in [0.2, 0.25) is 0 Å². The minimum absolute atomic E-state index is 0.0881. The molecule has 108 valence electrons. The molecule has 0 bridgehead atoms. The van der Waals surface area contributed by atoms with Crippen LogP contribution in [0.1, 0.15) is 24.0 Å². The highest BCUT2D eigenvalue weighted by Crippen LogP contribution is 2.48. The molecule has 0 aliphatic heterocycles. The van der Waals surface area contributed by atoms with E-state index in [0.29, 0.717) is 13.0 Å². The Morgan fingerprint density at radius 2 is 1.86 bits per heavy atom. The van der Waals surface area contributed by atoms with E-state index in [1.165, 1.54) is 12.1 Å². The number of amides is 1. The maximum atomic E-state index is 13.1. The molecule has 1 amide bonds. The molecule has 2 aromatic carbocycles. The van der Waals surface area contributed by atoms with E-state index in [2.05, 4.69) is 5.32 Å². The SMILES string of the molecule is O=C(NCCc1cccc(F)c1)C1(c2ccccc2)CC1. The van der Waals surface area contributed by atoms with Gasteiger partial charge >= 0.3 is 0 Å². The number of halogens is 1. The van der Waals surface area contributed by atoms with E-state index in [9.17, 15) is 9.18 Å². The predicted molar refractivity (Wildman–Crippen MR) is 80.5 cm³/mol. The van der Waals surface area contributed by atoms with E-state index >= 15 is 0 Å². The Labute approximate surface area is 124 Å². The van der Waals surface area contributed by atoms with Gasteiger partial charge in [0, 0.05) is 6.54 Å². The van der Waals surface area contributed by atoms with Crippen LogP contribution < -0.4 is 5.32 Å². The van der Waals surface area contributed by atoms with Crippen LogP contribution in [0.4, 0.5) is 4.39 Å². The molecule has 21 heavy (non-hydrogen) atoms. The van der Waals surface area contributed by atoms with Gasteiger partial charge in [0.2, 0.25) is 5.91 Å². The average Bonchev–Trinajstić information content (AvgIpc) is 3.30. The first-order chi connectivity index (χ1) is 10.2. The van der Waals surface area contributed by atoms with E-state index in [-0.39, 0.29) is 17.1 Å². The lowest BCUT2D eigenvalue weighted by Crippen LogP contribution is -2.35. The van der Waals surface area contributed by atoms with Crippen molar-refractivity contribution in [3.63, 3.8) is 0 Å². The lowest BCUT2D eigenvalue weighted by molar-refractivity contribution is -0.123.